The molecule has 132 valence electrons. The molecule has 3 aromatic rings. The second-order valence-corrected chi connectivity index (χ2v) is 5.30. The summed E-state index contributed by atoms with van der Waals surface area (Å²) < 4.78 is 10.3. The Kier molecular flexibility index (Phi) is 5.28. The maximum Gasteiger partial charge on any atom is 0.258 e. The lowest BCUT2D eigenvalue weighted by Crippen LogP contribution is -2.15. The topological polar surface area (TPSA) is 85.4 Å². The van der Waals surface area contributed by atoms with Gasteiger partial charge in [-0.25, -0.2) is 0 Å². The Morgan fingerprint density at radius 3 is 2.46 bits per heavy atom. The highest BCUT2D eigenvalue weighted by atomic mass is 16.5. The van der Waals surface area contributed by atoms with Crippen LogP contribution >= 0.6 is 0 Å². The first-order chi connectivity index (χ1) is 12.7. The van der Waals surface area contributed by atoms with Gasteiger partial charge in [0, 0.05) is 17.3 Å². The fourth-order valence-electron chi connectivity index (χ4n) is 2.26. The van der Waals surface area contributed by atoms with Crippen molar-refractivity contribution in [1.29, 1.82) is 0 Å². The number of hydrogen-bond donors (Lipinski definition) is 2. The van der Waals surface area contributed by atoms with E-state index in [9.17, 15) is 4.79 Å². The Labute approximate surface area is 151 Å². The van der Waals surface area contributed by atoms with Gasteiger partial charge in [0.15, 0.2) is 0 Å². The normalized spacial score (nSPS) is 10.1. The lowest BCUT2D eigenvalue weighted by atomic mass is 10.2. The van der Waals surface area contributed by atoms with Gasteiger partial charge in [-0.2, -0.15) is 9.97 Å². The minimum atomic E-state index is -0.345. The largest absolute Gasteiger partial charge is 0.497 e. The highest BCUT2D eigenvalue weighted by Crippen LogP contribution is 2.21. The zero-order valence-electron chi connectivity index (χ0n) is 14.4. The number of amides is 1. The molecule has 0 aliphatic rings. The Balaban J connectivity index is 1.82. The van der Waals surface area contributed by atoms with Gasteiger partial charge in [-0.15, -0.1) is 0 Å². The van der Waals surface area contributed by atoms with Crippen LogP contribution in [0.15, 0.2) is 60.7 Å². The number of rotatable bonds is 6. The lowest BCUT2D eigenvalue weighted by molar-refractivity contribution is 0.102. The minimum absolute atomic E-state index is 0.135. The third kappa shape index (κ3) is 4.27. The summed E-state index contributed by atoms with van der Waals surface area (Å²) in [5, 5.41) is 5.82. The van der Waals surface area contributed by atoms with Crippen molar-refractivity contribution in [3.8, 4) is 11.6 Å². The smallest absolute Gasteiger partial charge is 0.258 e. The fourth-order valence-corrected chi connectivity index (χ4v) is 2.26. The molecule has 0 fully saturated rings. The maximum absolute atomic E-state index is 12.4. The third-order valence-corrected chi connectivity index (χ3v) is 3.52. The molecule has 0 aliphatic heterocycles. The first-order valence-corrected chi connectivity index (χ1v) is 7.88. The van der Waals surface area contributed by atoms with Crippen LogP contribution in [-0.4, -0.2) is 30.1 Å². The van der Waals surface area contributed by atoms with E-state index in [2.05, 4.69) is 20.6 Å². The highest BCUT2D eigenvalue weighted by molar-refractivity contribution is 6.03. The van der Waals surface area contributed by atoms with Crippen LogP contribution in [0.2, 0.25) is 0 Å². The van der Waals surface area contributed by atoms with Crippen molar-refractivity contribution in [2.45, 2.75) is 0 Å². The van der Waals surface area contributed by atoms with Crippen LogP contribution < -0.4 is 20.1 Å². The van der Waals surface area contributed by atoms with Crippen molar-refractivity contribution in [1.82, 2.24) is 9.97 Å². The molecule has 2 aromatic carbocycles. The van der Waals surface area contributed by atoms with Crippen molar-refractivity contribution in [3.63, 3.8) is 0 Å². The van der Waals surface area contributed by atoms with Crippen molar-refractivity contribution >= 4 is 23.4 Å². The van der Waals surface area contributed by atoms with Crippen LogP contribution in [0.5, 0.6) is 11.6 Å². The summed E-state index contributed by atoms with van der Waals surface area (Å²) in [6, 6.07) is 18.0. The standard InChI is InChI=1S/C19H18N4O3/c1-25-15-10-6-7-13(11-15)18(24)23-19-21-16(12-17(22-19)26-2)20-14-8-4-3-5-9-14/h3-12H,1-2H3,(H2,20,21,22,23,24). The highest BCUT2D eigenvalue weighted by Gasteiger charge is 2.11. The summed E-state index contributed by atoms with van der Waals surface area (Å²) in [7, 11) is 3.05. The maximum atomic E-state index is 12.4. The summed E-state index contributed by atoms with van der Waals surface area (Å²) in [6.45, 7) is 0. The van der Waals surface area contributed by atoms with E-state index in [1.807, 2.05) is 30.3 Å². The van der Waals surface area contributed by atoms with Gasteiger partial charge in [0.25, 0.3) is 5.91 Å². The summed E-state index contributed by atoms with van der Waals surface area (Å²) in [5.74, 6) is 1.22. The van der Waals surface area contributed by atoms with E-state index in [0.717, 1.165) is 5.69 Å². The Bertz CT molecular complexity index is 900. The number of nitrogens with one attached hydrogen (secondary N) is 2. The minimum Gasteiger partial charge on any atom is -0.497 e. The predicted molar refractivity (Wildman–Crippen MR) is 99.3 cm³/mol. The molecule has 0 aliphatic carbocycles. The summed E-state index contributed by atoms with van der Waals surface area (Å²) >= 11 is 0. The van der Waals surface area contributed by atoms with Crippen LogP contribution in [-0.2, 0) is 0 Å². The van der Waals surface area contributed by atoms with Gasteiger partial charge >= 0.3 is 0 Å². The van der Waals surface area contributed by atoms with Gasteiger partial charge in [-0.3, -0.25) is 10.1 Å². The molecule has 1 amide bonds. The van der Waals surface area contributed by atoms with Gasteiger partial charge in [-0.1, -0.05) is 24.3 Å². The van der Waals surface area contributed by atoms with Gasteiger partial charge in [0.2, 0.25) is 11.8 Å². The van der Waals surface area contributed by atoms with Crippen molar-refractivity contribution in [3.05, 3.63) is 66.2 Å². The lowest BCUT2D eigenvalue weighted by Gasteiger charge is -2.10. The Hall–Kier alpha value is -3.61. The van der Waals surface area contributed by atoms with Crippen molar-refractivity contribution < 1.29 is 14.3 Å². The average molecular weight is 350 g/mol. The van der Waals surface area contributed by atoms with Crippen molar-refractivity contribution in [2.75, 3.05) is 24.9 Å². The Morgan fingerprint density at radius 1 is 0.923 bits per heavy atom. The number of para-hydroxylation sites is 1. The number of carbonyl (C=O) groups excluding carboxylic acids is 1. The Morgan fingerprint density at radius 2 is 1.73 bits per heavy atom. The van der Waals surface area contributed by atoms with E-state index in [-0.39, 0.29) is 11.9 Å². The van der Waals surface area contributed by atoms with E-state index in [1.165, 1.54) is 7.11 Å². The molecule has 2 N–H and O–H groups in total. The van der Waals surface area contributed by atoms with Crippen molar-refractivity contribution in [2.24, 2.45) is 0 Å². The molecule has 7 nitrogen and oxygen atoms in total. The van der Waals surface area contributed by atoms with Crippen LogP contribution in [0.1, 0.15) is 10.4 Å². The van der Waals surface area contributed by atoms with Crippen LogP contribution in [0, 0.1) is 0 Å². The quantitative estimate of drug-likeness (QED) is 0.708. The molecular formula is C19H18N4O3. The molecule has 0 saturated carbocycles. The molecule has 3 rings (SSSR count). The second kappa shape index (κ2) is 7.98. The predicted octanol–water partition coefficient (Wildman–Crippen LogP) is 3.49. The molecule has 0 unspecified atom stereocenters. The number of anilines is 3. The van der Waals surface area contributed by atoms with E-state index in [4.69, 9.17) is 9.47 Å². The molecule has 0 saturated heterocycles. The number of methoxy groups -OCH3 is 2. The molecule has 0 bridgehead atoms. The van der Waals surface area contributed by atoms with E-state index < -0.39 is 0 Å². The number of nitrogens with zero attached hydrogens (tertiary/aromatic N) is 2. The molecule has 7 heteroatoms. The van der Waals surface area contributed by atoms with Gasteiger partial charge in [0.05, 0.1) is 14.2 Å². The average Bonchev–Trinajstić information content (AvgIpc) is 2.68. The number of hydrogen-bond acceptors (Lipinski definition) is 6. The van der Waals surface area contributed by atoms with Gasteiger partial charge < -0.3 is 14.8 Å². The van der Waals surface area contributed by atoms with E-state index >= 15 is 0 Å². The van der Waals surface area contributed by atoms with Crippen LogP contribution in [0.3, 0.4) is 0 Å². The fraction of sp³-hybridized carbons (Fsp3) is 0.105. The van der Waals surface area contributed by atoms with E-state index in [0.29, 0.717) is 23.0 Å². The van der Waals surface area contributed by atoms with Gasteiger partial charge in [0.1, 0.15) is 11.6 Å². The summed E-state index contributed by atoms with van der Waals surface area (Å²) in [5.41, 5.74) is 1.30. The summed E-state index contributed by atoms with van der Waals surface area (Å²) in [6.07, 6.45) is 0. The number of aromatic nitrogens is 2. The number of benzene rings is 2. The first kappa shape index (κ1) is 17.2. The molecule has 1 heterocycles. The van der Waals surface area contributed by atoms with Crippen LogP contribution in [0.4, 0.5) is 17.5 Å². The van der Waals surface area contributed by atoms with E-state index in [1.54, 1.807) is 37.4 Å². The number of ether oxygens (including phenoxy) is 2. The number of carbonyl (C=O) groups is 1. The first-order valence-electron chi connectivity index (χ1n) is 7.88. The van der Waals surface area contributed by atoms with Gasteiger partial charge in [-0.05, 0) is 30.3 Å². The summed E-state index contributed by atoms with van der Waals surface area (Å²) in [4.78, 5) is 20.9. The monoisotopic (exact) mass is 350 g/mol. The van der Waals surface area contributed by atoms with Crippen LogP contribution in [0.25, 0.3) is 0 Å². The molecule has 1 aromatic heterocycles. The zero-order chi connectivity index (χ0) is 18.4. The SMILES string of the molecule is COc1cccc(C(=O)Nc2nc(Nc3ccccc3)cc(OC)n2)c1. The zero-order valence-corrected chi connectivity index (χ0v) is 14.4. The molecular weight excluding hydrogens is 332 g/mol. The molecule has 0 spiro atoms. The molecule has 0 atom stereocenters. The molecule has 0 radical (unpaired) electrons. The second-order valence-electron chi connectivity index (χ2n) is 5.30. The molecule has 26 heavy (non-hydrogen) atoms. The third-order valence-electron chi connectivity index (χ3n) is 3.52.